The van der Waals surface area contributed by atoms with Crippen molar-refractivity contribution in [3.05, 3.63) is 75.0 Å². The van der Waals surface area contributed by atoms with Crippen molar-refractivity contribution in [3.8, 4) is 17.1 Å². The minimum absolute atomic E-state index is 0.0106. The molecule has 0 aliphatic rings. The number of aryl methyl sites for hydroxylation is 3. The van der Waals surface area contributed by atoms with Crippen LogP contribution in [0.25, 0.3) is 17.1 Å². The van der Waals surface area contributed by atoms with E-state index in [1.807, 2.05) is 30.5 Å². The lowest BCUT2D eigenvalue weighted by Gasteiger charge is -2.12. The lowest BCUT2D eigenvalue weighted by Crippen LogP contribution is -2.16. The Labute approximate surface area is 175 Å². The molecule has 1 amide bonds. The van der Waals surface area contributed by atoms with E-state index in [9.17, 15) is 14.9 Å². The molecule has 1 aromatic carbocycles. The largest absolute Gasteiger partial charge is 0.303 e. The second-order valence-corrected chi connectivity index (χ2v) is 7.61. The summed E-state index contributed by atoms with van der Waals surface area (Å²) < 4.78 is 3.63. The first-order chi connectivity index (χ1) is 14.3. The van der Waals surface area contributed by atoms with Crippen LogP contribution in [0.15, 0.2) is 48.0 Å². The van der Waals surface area contributed by atoms with Crippen LogP contribution >= 0.6 is 11.3 Å². The lowest BCUT2D eigenvalue weighted by atomic mass is 10.1. The second-order valence-electron chi connectivity index (χ2n) is 6.76. The average molecular weight is 422 g/mol. The molecule has 0 aliphatic heterocycles. The molecule has 152 valence electrons. The molecule has 4 aromatic rings. The summed E-state index contributed by atoms with van der Waals surface area (Å²) in [4.78, 5) is 27.9. The van der Waals surface area contributed by atoms with Crippen LogP contribution in [0, 0.1) is 24.0 Å². The van der Waals surface area contributed by atoms with Crippen molar-refractivity contribution >= 4 is 28.1 Å². The minimum atomic E-state index is -0.451. The fourth-order valence-corrected chi connectivity index (χ4v) is 3.98. The van der Waals surface area contributed by atoms with E-state index < -0.39 is 4.92 Å². The number of rotatable bonds is 5. The van der Waals surface area contributed by atoms with Gasteiger partial charge in [0.1, 0.15) is 11.4 Å². The summed E-state index contributed by atoms with van der Waals surface area (Å²) in [6.07, 6.45) is 1.53. The van der Waals surface area contributed by atoms with E-state index >= 15 is 0 Å². The van der Waals surface area contributed by atoms with Crippen molar-refractivity contribution in [2.24, 2.45) is 7.05 Å². The Morgan fingerprint density at radius 3 is 2.63 bits per heavy atom. The second kappa shape index (κ2) is 7.56. The Bertz CT molecular complexity index is 1250. The lowest BCUT2D eigenvalue weighted by molar-refractivity contribution is -0.384. The number of thiazole rings is 1. The first-order valence-electron chi connectivity index (χ1n) is 9.04. The fourth-order valence-electron chi connectivity index (χ4n) is 3.27. The summed E-state index contributed by atoms with van der Waals surface area (Å²) in [5.74, 6) is 0.341. The normalized spacial score (nSPS) is 10.9. The number of non-ortho nitro benzene ring substituents is 1. The van der Waals surface area contributed by atoms with E-state index in [2.05, 4.69) is 15.4 Å². The van der Waals surface area contributed by atoms with Crippen molar-refractivity contribution in [2.45, 2.75) is 13.8 Å². The number of nitrogens with zero attached hydrogens (tertiary/aromatic N) is 5. The predicted octanol–water partition coefficient (Wildman–Crippen LogP) is 4.11. The van der Waals surface area contributed by atoms with Gasteiger partial charge in [-0.25, -0.2) is 4.98 Å². The van der Waals surface area contributed by atoms with E-state index in [1.165, 1.54) is 29.7 Å². The molecule has 0 fully saturated rings. The van der Waals surface area contributed by atoms with Gasteiger partial charge in [0, 0.05) is 41.5 Å². The number of nitrogens with one attached hydrogen (secondary N) is 1. The molecule has 4 rings (SSSR count). The molecule has 0 radical (unpaired) electrons. The predicted molar refractivity (Wildman–Crippen MR) is 114 cm³/mol. The molecule has 0 aliphatic carbocycles. The molecule has 0 bridgehead atoms. The maximum atomic E-state index is 13.0. The van der Waals surface area contributed by atoms with Crippen molar-refractivity contribution in [1.82, 2.24) is 19.3 Å². The summed E-state index contributed by atoms with van der Waals surface area (Å²) >= 11 is 1.25. The van der Waals surface area contributed by atoms with Crippen LogP contribution in [-0.2, 0) is 7.05 Å². The number of carbonyl (C=O) groups is 1. The average Bonchev–Trinajstić information content (AvgIpc) is 3.41. The summed E-state index contributed by atoms with van der Waals surface area (Å²) in [6.45, 7) is 3.93. The topological polar surface area (TPSA) is 108 Å². The van der Waals surface area contributed by atoms with Crippen molar-refractivity contribution in [3.63, 3.8) is 0 Å². The van der Waals surface area contributed by atoms with Crippen molar-refractivity contribution in [1.29, 1.82) is 0 Å². The Morgan fingerprint density at radius 1 is 1.20 bits per heavy atom. The number of hydrogen-bond donors (Lipinski definition) is 1. The molecular formula is C20H18N6O3S. The standard InChI is InChI=1S/C20H18N6O3S/c1-12-7-8-13(2)25(12)19-16(10-21-24(19)3)18(27)23-20-22-17(11-30-20)14-5-4-6-15(9-14)26(28)29/h4-11H,1-3H3,(H,22,23,27). The molecule has 9 nitrogen and oxygen atoms in total. The maximum absolute atomic E-state index is 13.0. The zero-order chi connectivity index (χ0) is 21.4. The van der Waals surface area contributed by atoms with Gasteiger partial charge in [-0.05, 0) is 26.0 Å². The van der Waals surface area contributed by atoms with Gasteiger partial charge in [0.15, 0.2) is 5.13 Å². The zero-order valence-corrected chi connectivity index (χ0v) is 17.3. The molecule has 0 spiro atoms. The van der Waals surface area contributed by atoms with Gasteiger partial charge >= 0.3 is 0 Å². The molecule has 1 N–H and O–H groups in total. The minimum Gasteiger partial charge on any atom is -0.303 e. The maximum Gasteiger partial charge on any atom is 0.270 e. The third kappa shape index (κ3) is 3.48. The van der Waals surface area contributed by atoms with Gasteiger partial charge in [0.2, 0.25) is 0 Å². The van der Waals surface area contributed by atoms with Gasteiger partial charge in [-0.15, -0.1) is 11.3 Å². The van der Waals surface area contributed by atoms with Crippen LogP contribution in [0.1, 0.15) is 21.7 Å². The molecule has 0 unspecified atom stereocenters. The Hall–Kier alpha value is -3.79. The van der Waals surface area contributed by atoms with Gasteiger partial charge in [0.05, 0.1) is 16.8 Å². The van der Waals surface area contributed by atoms with E-state index in [1.54, 1.807) is 29.2 Å². The van der Waals surface area contributed by atoms with Crippen LogP contribution < -0.4 is 5.32 Å². The van der Waals surface area contributed by atoms with Crippen LogP contribution in [0.2, 0.25) is 0 Å². The van der Waals surface area contributed by atoms with E-state index in [0.29, 0.717) is 27.8 Å². The molecule has 0 saturated carbocycles. The molecule has 3 aromatic heterocycles. The number of carbonyl (C=O) groups excluding carboxylic acids is 1. The van der Waals surface area contributed by atoms with Gasteiger partial charge in [0.25, 0.3) is 11.6 Å². The van der Waals surface area contributed by atoms with E-state index in [4.69, 9.17) is 0 Å². The highest BCUT2D eigenvalue weighted by atomic mass is 32.1. The molecule has 30 heavy (non-hydrogen) atoms. The van der Waals surface area contributed by atoms with Crippen molar-refractivity contribution in [2.75, 3.05) is 5.32 Å². The number of anilines is 1. The number of hydrogen-bond acceptors (Lipinski definition) is 6. The summed E-state index contributed by atoms with van der Waals surface area (Å²) in [5, 5.41) is 20.2. The Balaban J connectivity index is 1.61. The third-order valence-electron chi connectivity index (χ3n) is 4.71. The van der Waals surface area contributed by atoms with E-state index in [-0.39, 0.29) is 11.6 Å². The molecule has 10 heteroatoms. The Morgan fingerprint density at radius 2 is 1.93 bits per heavy atom. The summed E-state index contributed by atoms with van der Waals surface area (Å²) in [7, 11) is 1.79. The zero-order valence-electron chi connectivity index (χ0n) is 16.5. The van der Waals surface area contributed by atoms with E-state index in [0.717, 1.165) is 11.4 Å². The number of nitro benzene ring substituents is 1. The van der Waals surface area contributed by atoms with Crippen LogP contribution in [0.4, 0.5) is 10.8 Å². The van der Waals surface area contributed by atoms with Crippen LogP contribution in [0.3, 0.4) is 0 Å². The van der Waals surface area contributed by atoms with Crippen LogP contribution in [0.5, 0.6) is 0 Å². The summed E-state index contributed by atoms with van der Waals surface area (Å²) in [5.41, 5.74) is 3.57. The number of nitro groups is 1. The molecule has 0 atom stereocenters. The smallest absolute Gasteiger partial charge is 0.270 e. The molecular weight excluding hydrogens is 404 g/mol. The van der Waals surface area contributed by atoms with Gasteiger partial charge in [-0.1, -0.05) is 12.1 Å². The van der Waals surface area contributed by atoms with Crippen LogP contribution in [-0.4, -0.2) is 30.2 Å². The number of aromatic nitrogens is 4. The highest BCUT2D eigenvalue weighted by Crippen LogP contribution is 2.28. The quantitative estimate of drug-likeness (QED) is 0.385. The highest BCUT2D eigenvalue weighted by Gasteiger charge is 2.21. The highest BCUT2D eigenvalue weighted by molar-refractivity contribution is 7.14. The Kier molecular flexibility index (Phi) is 4.92. The fraction of sp³-hybridized carbons (Fsp3) is 0.150. The van der Waals surface area contributed by atoms with Gasteiger partial charge < -0.3 is 4.57 Å². The summed E-state index contributed by atoms with van der Waals surface area (Å²) in [6, 6.07) is 10.2. The first-order valence-corrected chi connectivity index (χ1v) is 9.92. The number of benzene rings is 1. The van der Waals surface area contributed by atoms with Crippen molar-refractivity contribution < 1.29 is 9.72 Å². The SMILES string of the molecule is Cc1ccc(C)n1-c1c(C(=O)Nc2nc(-c3cccc([N+](=O)[O-])c3)cs2)cnn1C. The van der Waals surface area contributed by atoms with Gasteiger partial charge in [-0.3, -0.25) is 24.9 Å². The van der Waals surface area contributed by atoms with Gasteiger partial charge in [-0.2, -0.15) is 5.10 Å². The third-order valence-corrected chi connectivity index (χ3v) is 5.47. The molecule has 0 saturated heterocycles. The first kappa shape index (κ1) is 19.5. The molecule has 3 heterocycles. The number of amides is 1. The monoisotopic (exact) mass is 422 g/mol.